The zero-order chi connectivity index (χ0) is 26.2. The van der Waals surface area contributed by atoms with E-state index in [1.807, 2.05) is 66.7 Å². The van der Waals surface area contributed by atoms with Crippen molar-refractivity contribution in [2.45, 2.75) is 31.8 Å². The third-order valence-corrected chi connectivity index (χ3v) is 6.95. The van der Waals surface area contributed by atoms with Gasteiger partial charge in [0.2, 0.25) is 0 Å². The summed E-state index contributed by atoms with van der Waals surface area (Å²) in [6, 6.07) is 36.5. The van der Waals surface area contributed by atoms with Crippen LogP contribution in [0.15, 0.2) is 114 Å². The van der Waals surface area contributed by atoms with Crippen LogP contribution in [-0.2, 0) is 22.5 Å². The molecule has 1 atom stereocenters. The SMILES string of the molecule is O=C(O)COc1cccc2c1CCC(CC(=NOC(c1ccccc1)c1ccccc1)c1ccccc1)C2. The van der Waals surface area contributed by atoms with Crippen LogP contribution in [0.25, 0.3) is 0 Å². The molecule has 4 aromatic carbocycles. The van der Waals surface area contributed by atoms with Crippen molar-refractivity contribution in [3.63, 3.8) is 0 Å². The molecule has 0 amide bonds. The van der Waals surface area contributed by atoms with Crippen LogP contribution >= 0.6 is 0 Å². The van der Waals surface area contributed by atoms with Gasteiger partial charge in [-0.05, 0) is 65.5 Å². The average molecular weight is 506 g/mol. The summed E-state index contributed by atoms with van der Waals surface area (Å²) in [5, 5.41) is 13.8. The van der Waals surface area contributed by atoms with Gasteiger partial charge in [0.05, 0.1) is 5.71 Å². The van der Waals surface area contributed by atoms with Crippen LogP contribution in [0.1, 0.15) is 46.8 Å². The van der Waals surface area contributed by atoms with Gasteiger partial charge in [-0.1, -0.05) is 108 Å². The first kappa shape index (κ1) is 25.3. The Morgan fingerprint density at radius 2 is 1.47 bits per heavy atom. The number of aliphatic carboxylic acids is 1. The van der Waals surface area contributed by atoms with E-state index in [4.69, 9.17) is 19.8 Å². The minimum atomic E-state index is -0.968. The van der Waals surface area contributed by atoms with Gasteiger partial charge in [-0.15, -0.1) is 0 Å². The van der Waals surface area contributed by atoms with Gasteiger partial charge in [-0.25, -0.2) is 4.79 Å². The predicted octanol–water partition coefficient (Wildman–Crippen LogP) is 6.86. The largest absolute Gasteiger partial charge is 0.482 e. The van der Waals surface area contributed by atoms with E-state index in [1.54, 1.807) is 0 Å². The summed E-state index contributed by atoms with van der Waals surface area (Å²) in [4.78, 5) is 17.3. The number of rotatable bonds is 10. The molecule has 1 unspecified atom stereocenters. The second-order valence-corrected chi connectivity index (χ2v) is 9.60. The van der Waals surface area contributed by atoms with E-state index in [-0.39, 0.29) is 12.7 Å². The second-order valence-electron chi connectivity index (χ2n) is 9.60. The first-order chi connectivity index (χ1) is 18.7. The number of carboxylic acids is 1. The summed E-state index contributed by atoms with van der Waals surface area (Å²) in [7, 11) is 0. The lowest BCUT2D eigenvalue weighted by molar-refractivity contribution is -0.139. The molecule has 5 nitrogen and oxygen atoms in total. The molecule has 38 heavy (non-hydrogen) atoms. The molecule has 5 rings (SSSR count). The minimum absolute atomic E-state index is 0.308. The first-order valence-corrected chi connectivity index (χ1v) is 13.0. The number of ether oxygens (including phenoxy) is 1. The molecule has 1 aliphatic carbocycles. The Balaban J connectivity index is 1.39. The molecule has 4 aromatic rings. The lowest BCUT2D eigenvalue weighted by atomic mass is 9.80. The van der Waals surface area contributed by atoms with Crippen molar-refractivity contribution in [2.24, 2.45) is 11.1 Å². The van der Waals surface area contributed by atoms with Crippen molar-refractivity contribution in [2.75, 3.05) is 6.61 Å². The molecule has 0 saturated heterocycles. The Hall–Kier alpha value is -4.38. The minimum Gasteiger partial charge on any atom is -0.482 e. The van der Waals surface area contributed by atoms with Crippen LogP contribution in [0.2, 0.25) is 0 Å². The normalized spacial score (nSPS) is 15.1. The molecule has 1 N–H and O–H groups in total. The highest BCUT2D eigenvalue weighted by molar-refractivity contribution is 6.00. The molecule has 0 saturated carbocycles. The Morgan fingerprint density at radius 1 is 0.842 bits per heavy atom. The molecule has 0 aliphatic heterocycles. The fourth-order valence-corrected chi connectivity index (χ4v) is 5.09. The summed E-state index contributed by atoms with van der Waals surface area (Å²) < 4.78 is 5.56. The number of benzene rings is 4. The predicted molar refractivity (Wildman–Crippen MR) is 148 cm³/mol. The van der Waals surface area contributed by atoms with E-state index in [9.17, 15) is 4.79 Å². The van der Waals surface area contributed by atoms with Gasteiger partial charge in [0.15, 0.2) is 12.7 Å². The Labute approximate surface area is 223 Å². The fraction of sp³-hybridized carbons (Fsp3) is 0.212. The maximum Gasteiger partial charge on any atom is 0.341 e. The van der Waals surface area contributed by atoms with Crippen molar-refractivity contribution >= 4 is 11.7 Å². The van der Waals surface area contributed by atoms with Crippen molar-refractivity contribution in [3.05, 3.63) is 137 Å². The summed E-state index contributed by atoms with van der Waals surface area (Å²) in [6.07, 6.45) is 3.16. The van der Waals surface area contributed by atoms with Gasteiger partial charge >= 0.3 is 5.97 Å². The molecule has 1 aliphatic rings. The number of carbonyl (C=O) groups is 1. The van der Waals surface area contributed by atoms with Gasteiger partial charge in [0.1, 0.15) is 5.75 Å². The Morgan fingerprint density at radius 3 is 2.11 bits per heavy atom. The molecule has 0 aromatic heterocycles. The van der Waals surface area contributed by atoms with E-state index in [0.29, 0.717) is 11.7 Å². The zero-order valence-electron chi connectivity index (χ0n) is 21.2. The standard InChI is InChI=1S/C33H31NO4/c35-32(36)23-37-31-18-10-17-28-21-24(19-20-29(28)31)22-30(25-11-4-1-5-12-25)34-38-33(26-13-6-2-7-14-26)27-15-8-3-9-16-27/h1-18,24,33H,19-23H2,(H,35,36). The first-order valence-electron chi connectivity index (χ1n) is 13.0. The maximum atomic E-state index is 11.0. The van der Waals surface area contributed by atoms with E-state index in [0.717, 1.165) is 53.6 Å². The Kier molecular flexibility index (Phi) is 8.14. The highest BCUT2D eigenvalue weighted by Gasteiger charge is 2.24. The van der Waals surface area contributed by atoms with Crippen molar-refractivity contribution in [1.29, 1.82) is 0 Å². The number of nitrogens with zero attached hydrogens (tertiary/aromatic N) is 1. The molecule has 0 fully saturated rings. The smallest absolute Gasteiger partial charge is 0.341 e. The maximum absolute atomic E-state index is 11.0. The van der Waals surface area contributed by atoms with Gasteiger partial charge in [-0.2, -0.15) is 0 Å². The number of oxime groups is 1. The quantitative estimate of drug-likeness (QED) is 0.189. The summed E-state index contributed by atoms with van der Waals surface area (Å²) in [5.74, 6) is 0.0909. The Bertz CT molecular complexity index is 1330. The van der Waals surface area contributed by atoms with E-state index < -0.39 is 5.97 Å². The van der Waals surface area contributed by atoms with Crippen molar-refractivity contribution in [1.82, 2.24) is 0 Å². The molecule has 0 radical (unpaired) electrons. The molecular formula is C33H31NO4. The van der Waals surface area contributed by atoms with Crippen molar-refractivity contribution in [3.8, 4) is 5.75 Å². The summed E-state index contributed by atoms with van der Waals surface area (Å²) in [5.41, 5.74) is 6.41. The monoisotopic (exact) mass is 505 g/mol. The zero-order valence-corrected chi connectivity index (χ0v) is 21.2. The molecule has 0 spiro atoms. The molecule has 0 heterocycles. The topological polar surface area (TPSA) is 68.1 Å². The summed E-state index contributed by atoms with van der Waals surface area (Å²) >= 11 is 0. The average Bonchev–Trinajstić information content (AvgIpc) is 2.97. The van der Waals surface area contributed by atoms with Gasteiger partial charge < -0.3 is 14.7 Å². The fourth-order valence-electron chi connectivity index (χ4n) is 5.09. The van der Waals surface area contributed by atoms with Crippen LogP contribution in [0.4, 0.5) is 0 Å². The molecule has 192 valence electrons. The highest BCUT2D eigenvalue weighted by Crippen LogP contribution is 2.34. The molecular weight excluding hydrogens is 474 g/mol. The third-order valence-electron chi connectivity index (χ3n) is 6.95. The number of hydrogen-bond acceptors (Lipinski definition) is 4. The lowest BCUT2D eigenvalue weighted by Gasteiger charge is -2.27. The van der Waals surface area contributed by atoms with Crippen LogP contribution in [-0.4, -0.2) is 23.4 Å². The number of fused-ring (bicyclic) bond motifs is 1. The van der Waals surface area contributed by atoms with Gasteiger partial charge in [0, 0.05) is 0 Å². The van der Waals surface area contributed by atoms with E-state index >= 15 is 0 Å². The molecule has 0 bridgehead atoms. The van der Waals surface area contributed by atoms with E-state index in [1.165, 1.54) is 5.56 Å². The number of hydrogen-bond donors (Lipinski definition) is 1. The van der Waals surface area contributed by atoms with Crippen LogP contribution in [0.5, 0.6) is 5.75 Å². The lowest BCUT2D eigenvalue weighted by Crippen LogP contribution is -2.20. The summed E-state index contributed by atoms with van der Waals surface area (Å²) in [6.45, 7) is -0.327. The number of carboxylic acid groups (broad SMARTS) is 1. The molecule has 5 heteroatoms. The van der Waals surface area contributed by atoms with Crippen LogP contribution in [0, 0.1) is 5.92 Å². The van der Waals surface area contributed by atoms with Crippen LogP contribution < -0.4 is 4.74 Å². The van der Waals surface area contributed by atoms with E-state index in [2.05, 4.69) is 42.5 Å². The highest BCUT2D eigenvalue weighted by atomic mass is 16.6. The van der Waals surface area contributed by atoms with Crippen LogP contribution in [0.3, 0.4) is 0 Å². The third kappa shape index (κ3) is 6.30. The second kappa shape index (κ2) is 12.2. The van der Waals surface area contributed by atoms with Gasteiger partial charge in [-0.3, -0.25) is 0 Å². The van der Waals surface area contributed by atoms with Gasteiger partial charge in [0.25, 0.3) is 0 Å². The van der Waals surface area contributed by atoms with Crippen molar-refractivity contribution < 1.29 is 19.5 Å².